The van der Waals surface area contributed by atoms with Crippen LogP contribution in [0, 0.1) is 0 Å². The van der Waals surface area contributed by atoms with E-state index in [2.05, 4.69) is 47.2 Å². The number of imidazole rings is 1. The number of ether oxygens (including phenoxy) is 2. The molecule has 2 aliphatic heterocycles. The summed E-state index contributed by atoms with van der Waals surface area (Å²) < 4.78 is 10.9. The van der Waals surface area contributed by atoms with E-state index in [4.69, 9.17) is 15.2 Å². The molecule has 10 nitrogen and oxygen atoms in total. The molecule has 6 rings (SSSR count). The van der Waals surface area contributed by atoms with Crippen molar-refractivity contribution in [1.82, 2.24) is 24.8 Å². The van der Waals surface area contributed by atoms with Gasteiger partial charge in [-0.25, -0.2) is 4.98 Å². The monoisotopic (exact) mass is 458 g/mol. The van der Waals surface area contributed by atoms with E-state index in [9.17, 15) is 0 Å². The molecule has 2 aliphatic rings. The summed E-state index contributed by atoms with van der Waals surface area (Å²) in [7, 11) is 0. The van der Waals surface area contributed by atoms with Gasteiger partial charge in [0.15, 0.2) is 11.5 Å². The lowest BCUT2D eigenvalue weighted by Crippen LogP contribution is -2.46. The summed E-state index contributed by atoms with van der Waals surface area (Å²) in [6.45, 7) is 5.29. The van der Waals surface area contributed by atoms with Gasteiger partial charge in [-0.05, 0) is 29.8 Å². The van der Waals surface area contributed by atoms with Crippen molar-refractivity contribution in [2.45, 2.75) is 13.1 Å². The third-order valence-corrected chi connectivity index (χ3v) is 6.14. The zero-order valence-electron chi connectivity index (χ0n) is 18.7. The van der Waals surface area contributed by atoms with Crippen molar-refractivity contribution in [2.24, 2.45) is 0 Å². The number of hydrogen-bond acceptors (Lipinski definition) is 9. The van der Waals surface area contributed by atoms with Gasteiger partial charge in [0.2, 0.25) is 12.7 Å². The first-order valence-corrected chi connectivity index (χ1v) is 11.4. The normalized spacial score (nSPS) is 15.7. The maximum Gasteiger partial charge on any atom is 0.231 e. The number of nitrogen functional groups attached to an aromatic ring is 1. The van der Waals surface area contributed by atoms with Gasteiger partial charge in [0.25, 0.3) is 0 Å². The Hall–Kier alpha value is -4.05. The van der Waals surface area contributed by atoms with Crippen molar-refractivity contribution in [2.75, 3.05) is 48.9 Å². The van der Waals surface area contributed by atoms with Crippen molar-refractivity contribution in [3.05, 3.63) is 59.9 Å². The molecule has 0 amide bonds. The van der Waals surface area contributed by atoms with Gasteiger partial charge in [0.05, 0.1) is 17.6 Å². The number of benzene rings is 2. The Morgan fingerprint density at radius 2 is 1.79 bits per heavy atom. The first kappa shape index (κ1) is 20.5. The molecule has 34 heavy (non-hydrogen) atoms. The lowest BCUT2D eigenvalue weighted by atomic mass is 10.1. The summed E-state index contributed by atoms with van der Waals surface area (Å²) in [6.07, 6.45) is 0. The van der Waals surface area contributed by atoms with Crippen molar-refractivity contribution < 1.29 is 9.47 Å². The van der Waals surface area contributed by atoms with Gasteiger partial charge in [0, 0.05) is 38.8 Å². The van der Waals surface area contributed by atoms with Gasteiger partial charge < -0.3 is 30.4 Å². The minimum atomic E-state index is 0.257. The molecule has 1 saturated heterocycles. The topological polar surface area (TPSA) is 117 Å². The summed E-state index contributed by atoms with van der Waals surface area (Å²) in [6, 6.07) is 16.1. The van der Waals surface area contributed by atoms with Crippen LogP contribution in [0.3, 0.4) is 0 Å². The van der Waals surface area contributed by atoms with Crippen LogP contribution >= 0.6 is 0 Å². The highest BCUT2D eigenvalue weighted by Crippen LogP contribution is 2.33. The predicted octanol–water partition coefficient (Wildman–Crippen LogP) is 2.60. The van der Waals surface area contributed by atoms with Crippen LogP contribution in [0.25, 0.3) is 11.0 Å². The first-order valence-electron chi connectivity index (χ1n) is 11.4. The quantitative estimate of drug-likeness (QED) is 0.401. The number of anilines is 3. The van der Waals surface area contributed by atoms with E-state index in [1.807, 2.05) is 36.4 Å². The molecule has 0 saturated carbocycles. The van der Waals surface area contributed by atoms with E-state index in [1.54, 1.807) is 0 Å². The molecular formula is C24H26N8O2. The molecule has 0 atom stereocenters. The van der Waals surface area contributed by atoms with Crippen LogP contribution in [0.5, 0.6) is 11.5 Å². The van der Waals surface area contributed by atoms with E-state index in [-0.39, 0.29) is 5.95 Å². The van der Waals surface area contributed by atoms with E-state index >= 15 is 0 Å². The molecule has 0 bridgehead atoms. The van der Waals surface area contributed by atoms with Gasteiger partial charge >= 0.3 is 0 Å². The zero-order valence-corrected chi connectivity index (χ0v) is 18.7. The SMILES string of the molecule is Nc1nc(NCc2nc3ccccc3[nH]2)cc(N2CCN(Cc3ccc4c(c3)OCO4)CC2)n1. The Balaban J connectivity index is 1.07. The Morgan fingerprint density at radius 3 is 2.68 bits per heavy atom. The van der Waals surface area contributed by atoms with Gasteiger partial charge in [-0.3, -0.25) is 4.90 Å². The van der Waals surface area contributed by atoms with Gasteiger partial charge in [-0.15, -0.1) is 0 Å². The summed E-state index contributed by atoms with van der Waals surface area (Å²) >= 11 is 0. The average Bonchev–Trinajstić information content (AvgIpc) is 3.49. The van der Waals surface area contributed by atoms with Crippen molar-refractivity contribution >= 4 is 28.6 Å². The second-order valence-electron chi connectivity index (χ2n) is 8.47. The standard InChI is InChI=1S/C24H26N8O2/c25-24-29-21(26-13-22-27-17-3-1-2-4-18(17)28-22)12-23(30-24)32-9-7-31(8-10-32)14-16-5-6-19-20(11-16)34-15-33-19/h1-6,11-12H,7-10,13-15H2,(H,27,28)(H3,25,26,29,30). The molecule has 10 heteroatoms. The number of aromatic amines is 1. The first-order chi connectivity index (χ1) is 16.7. The lowest BCUT2D eigenvalue weighted by Gasteiger charge is -2.35. The summed E-state index contributed by atoms with van der Waals surface area (Å²) in [5.74, 6) is 4.27. The van der Waals surface area contributed by atoms with Crippen molar-refractivity contribution in [3.8, 4) is 11.5 Å². The van der Waals surface area contributed by atoms with E-state index in [1.165, 1.54) is 5.56 Å². The largest absolute Gasteiger partial charge is 0.454 e. The van der Waals surface area contributed by atoms with Crippen LogP contribution in [0.2, 0.25) is 0 Å². The zero-order chi connectivity index (χ0) is 22.9. The number of aromatic nitrogens is 4. The highest BCUT2D eigenvalue weighted by molar-refractivity contribution is 5.74. The Labute approximate surface area is 196 Å². The molecule has 0 spiro atoms. The fraction of sp³-hybridized carbons (Fsp3) is 0.292. The third kappa shape index (κ3) is 4.27. The van der Waals surface area contributed by atoms with Gasteiger partial charge in [-0.1, -0.05) is 18.2 Å². The molecule has 4 heterocycles. The molecular weight excluding hydrogens is 432 g/mol. The van der Waals surface area contributed by atoms with E-state index in [0.29, 0.717) is 19.2 Å². The second-order valence-corrected chi connectivity index (χ2v) is 8.47. The van der Waals surface area contributed by atoms with Crippen LogP contribution in [0.15, 0.2) is 48.5 Å². The number of H-pyrrole nitrogens is 1. The maximum absolute atomic E-state index is 6.03. The molecule has 1 fully saturated rings. The van der Waals surface area contributed by atoms with Crippen LogP contribution in [0.1, 0.15) is 11.4 Å². The third-order valence-electron chi connectivity index (χ3n) is 6.14. The average molecular weight is 459 g/mol. The Bertz CT molecular complexity index is 1280. The number of nitrogens with zero attached hydrogens (tertiary/aromatic N) is 5. The fourth-order valence-electron chi connectivity index (χ4n) is 4.40. The number of nitrogens with one attached hydrogen (secondary N) is 2. The minimum absolute atomic E-state index is 0.257. The van der Waals surface area contributed by atoms with Gasteiger partial charge in [-0.2, -0.15) is 9.97 Å². The van der Waals surface area contributed by atoms with Crippen molar-refractivity contribution in [3.63, 3.8) is 0 Å². The summed E-state index contributed by atoms with van der Waals surface area (Å²) in [5.41, 5.74) is 9.21. The molecule has 4 aromatic rings. The number of rotatable bonds is 6. The summed E-state index contributed by atoms with van der Waals surface area (Å²) in [4.78, 5) is 21.4. The molecule has 174 valence electrons. The molecule has 0 radical (unpaired) electrons. The number of hydrogen-bond donors (Lipinski definition) is 3. The molecule has 0 unspecified atom stereocenters. The van der Waals surface area contributed by atoms with Crippen LogP contribution < -0.4 is 25.4 Å². The highest BCUT2D eigenvalue weighted by atomic mass is 16.7. The van der Waals surface area contributed by atoms with E-state index in [0.717, 1.165) is 66.9 Å². The fourth-order valence-corrected chi connectivity index (χ4v) is 4.40. The Morgan fingerprint density at radius 1 is 0.941 bits per heavy atom. The molecule has 2 aromatic heterocycles. The molecule has 0 aliphatic carbocycles. The maximum atomic E-state index is 6.03. The number of nitrogens with two attached hydrogens (primary N) is 1. The highest BCUT2D eigenvalue weighted by Gasteiger charge is 2.21. The molecule has 2 aromatic carbocycles. The smallest absolute Gasteiger partial charge is 0.231 e. The van der Waals surface area contributed by atoms with Crippen LogP contribution in [-0.2, 0) is 13.1 Å². The number of fused-ring (bicyclic) bond motifs is 2. The van der Waals surface area contributed by atoms with Crippen LogP contribution in [0.4, 0.5) is 17.6 Å². The Kier molecular flexibility index (Phi) is 5.27. The number of piperazine rings is 1. The van der Waals surface area contributed by atoms with Crippen LogP contribution in [-0.4, -0.2) is 57.8 Å². The van der Waals surface area contributed by atoms with E-state index < -0.39 is 0 Å². The number of para-hydroxylation sites is 2. The lowest BCUT2D eigenvalue weighted by molar-refractivity contribution is 0.174. The predicted molar refractivity (Wildman–Crippen MR) is 130 cm³/mol. The molecule has 4 N–H and O–H groups in total. The van der Waals surface area contributed by atoms with Gasteiger partial charge in [0.1, 0.15) is 17.5 Å². The van der Waals surface area contributed by atoms with Crippen molar-refractivity contribution in [1.29, 1.82) is 0 Å². The second kappa shape index (κ2) is 8.71. The minimum Gasteiger partial charge on any atom is -0.454 e. The summed E-state index contributed by atoms with van der Waals surface area (Å²) in [5, 5.41) is 3.32.